The molecule has 1 aromatic heterocycles. The Hall–Kier alpha value is -1.63. The maximum absolute atomic E-state index is 12.7. The monoisotopic (exact) mass is 356 g/mol. The number of nitrogens with zero attached hydrogens (tertiary/aromatic N) is 2. The van der Waals surface area contributed by atoms with E-state index in [1.165, 1.54) is 6.07 Å². The Labute approximate surface area is 145 Å². The van der Waals surface area contributed by atoms with Gasteiger partial charge in [0.05, 0.1) is 5.60 Å². The predicted octanol–water partition coefficient (Wildman–Crippen LogP) is 3.04. The molecule has 0 bridgehead atoms. The Bertz CT molecular complexity index is 629. The molecule has 1 amide bonds. The van der Waals surface area contributed by atoms with Crippen LogP contribution in [0.15, 0.2) is 18.2 Å². The third-order valence-corrected chi connectivity index (χ3v) is 5.24. The molecule has 1 N–H and O–H groups in total. The number of piperidine rings is 1. The quantitative estimate of drug-likeness (QED) is 0.906. The first-order valence-corrected chi connectivity index (χ1v) is 8.68. The number of carbonyl (C=O) groups is 1. The number of hydrogen-bond donors (Lipinski definition) is 1. The normalized spacial score (nSPS) is 27.9. The van der Waals surface area contributed by atoms with Crippen LogP contribution in [0.3, 0.4) is 0 Å². The molecule has 2 aliphatic rings. The summed E-state index contributed by atoms with van der Waals surface area (Å²) in [7, 11) is 0. The van der Waals surface area contributed by atoms with Crippen LogP contribution in [0.25, 0.3) is 0 Å². The minimum absolute atomic E-state index is 0.0864. The standard InChI is InChI=1S/C18H23F3N2O2/c1-17(25)10-13(11-17)16(24)23-7-5-12(6-8-23)9-14-3-2-4-15(22-14)18(19,20)21/h2-4,12-13,25H,5-11H2,1H3/t13-,17+. The summed E-state index contributed by atoms with van der Waals surface area (Å²) in [5.74, 6) is 0.253. The molecule has 3 rings (SSSR count). The minimum atomic E-state index is -4.42. The average Bonchev–Trinajstić information content (AvgIpc) is 2.52. The van der Waals surface area contributed by atoms with Gasteiger partial charge in [0.2, 0.25) is 5.91 Å². The van der Waals surface area contributed by atoms with Crippen LogP contribution < -0.4 is 0 Å². The molecule has 138 valence electrons. The topological polar surface area (TPSA) is 53.4 Å². The van der Waals surface area contributed by atoms with Gasteiger partial charge in [0, 0.05) is 24.7 Å². The number of alkyl halides is 3. The third kappa shape index (κ3) is 4.32. The summed E-state index contributed by atoms with van der Waals surface area (Å²) >= 11 is 0. The number of amides is 1. The molecular formula is C18H23F3N2O2. The molecule has 0 radical (unpaired) electrons. The zero-order valence-corrected chi connectivity index (χ0v) is 14.2. The van der Waals surface area contributed by atoms with Crippen LogP contribution in [0.1, 0.15) is 44.0 Å². The van der Waals surface area contributed by atoms with Crippen LogP contribution in [0.4, 0.5) is 13.2 Å². The Morgan fingerprint density at radius 1 is 1.32 bits per heavy atom. The van der Waals surface area contributed by atoms with E-state index in [0.29, 0.717) is 38.0 Å². The fraction of sp³-hybridized carbons (Fsp3) is 0.667. The van der Waals surface area contributed by atoms with Crippen LogP contribution in [-0.2, 0) is 17.4 Å². The van der Waals surface area contributed by atoms with Crippen LogP contribution in [0, 0.1) is 11.8 Å². The first-order valence-electron chi connectivity index (χ1n) is 8.68. The van der Waals surface area contributed by atoms with Gasteiger partial charge in [-0.15, -0.1) is 0 Å². The molecule has 1 aromatic rings. The second-order valence-corrected chi connectivity index (χ2v) is 7.59. The number of halogens is 3. The lowest BCUT2D eigenvalue weighted by atomic mass is 9.71. The van der Waals surface area contributed by atoms with Gasteiger partial charge in [-0.25, -0.2) is 4.98 Å². The summed E-state index contributed by atoms with van der Waals surface area (Å²) in [6.07, 6.45) is -1.35. The highest BCUT2D eigenvalue weighted by Crippen LogP contribution is 2.39. The highest BCUT2D eigenvalue weighted by Gasteiger charge is 2.44. The maximum Gasteiger partial charge on any atom is 0.433 e. The summed E-state index contributed by atoms with van der Waals surface area (Å²) in [5, 5.41) is 9.76. The smallest absolute Gasteiger partial charge is 0.390 e. The number of hydrogen-bond acceptors (Lipinski definition) is 3. The summed E-state index contributed by atoms with van der Waals surface area (Å²) in [4.78, 5) is 17.9. The van der Waals surface area contributed by atoms with Gasteiger partial charge < -0.3 is 10.0 Å². The fourth-order valence-electron chi connectivity index (χ4n) is 3.84. The molecule has 0 unspecified atom stereocenters. The average molecular weight is 356 g/mol. The SMILES string of the molecule is C[C@]1(O)C[C@@H](C(=O)N2CCC(Cc3cccc(C(F)(F)F)n3)CC2)C1. The van der Waals surface area contributed by atoms with E-state index in [1.54, 1.807) is 13.0 Å². The van der Waals surface area contributed by atoms with Crippen molar-refractivity contribution in [2.24, 2.45) is 11.8 Å². The summed E-state index contributed by atoms with van der Waals surface area (Å²) in [6, 6.07) is 4.01. The molecule has 1 aliphatic heterocycles. The van der Waals surface area contributed by atoms with Crippen LogP contribution in [0.5, 0.6) is 0 Å². The Morgan fingerprint density at radius 2 is 1.96 bits per heavy atom. The zero-order valence-electron chi connectivity index (χ0n) is 14.2. The number of aromatic nitrogens is 1. The van der Waals surface area contributed by atoms with Crippen molar-refractivity contribution in [3.63, 3.8) is 0 Å². The van der Waals surface area contributed by atoms with Crippen molar-refractivity contribution < 1.29 is 23.1 Å². The van der Waals surface area contributed by atoms with Gasteiger partial charge >= 0.3 is 6.18 Å². The first kappa shape index (κ1) is 18.2. The molecule has 0 atom stereocenters. The minimum Gasteiger partial charge on any atom is -0.390 e. The second-order valence-electron chi connectivity index (χ2n) is 7.59. The number of likely N-dealkylation sites (tertiary alicyclic amines) is 1. The van der Waals surface area contributed by atoms with Crippen LogP contribution in [0.2, 0.25) is 0 Å². The lowest BCUT2D eigenvalue weighted by Crippen LogP contribution is -2.51. The largest absolute Gasteiger partial charge is 0.433 e. The van der Waals surface area contributed by atoms with Gasteiger partial charge in [0.25, 0.3) is 0 Å². The van der Waals surface area contributed by atoms with E-state index in [-0.39, 0.29) is 17.7 Å². The van der Waals surface area contributed by atoms with E-state index in [0.717, 1.165) is 18.9 Å². The molecule has 0 aromatic carbocycles. The van der Waals surface area contributed by atoms with Crippen molar-refractivity contribution in [3.05, 3.63) is 29.6 Å². The molecular weight excluding hydrogens is 333 g/mol. The van der Waals surface area contributed by atoms with Crippen LogP contribution >= 0.6 is 0 Å². The van der Waals surface area contributed by atoms with Crippen LogP contribution in [-0.4, -0.2) is 39.6 Å². The highest BCUT2D eigenvalue weighted by atomic mass is 19.4. The molecule has 2 heterocycles. The number of pyridine rings is 1. The maximum atomic E-state index is 12.7. The summed E-state index contributed by atoms with van der Waals surface area (Å²) in [6.45, 7) is 2.99. The number of aliphatic hydroxyl groups is 1. The number of rotatable bonds is 3. The highest BCUT2D eigenvalue weighted by molar-refractivity contribution is 5.80. The van der Waals surface area contributed by atoms with Gasteiger partial charge in [0.1, 0.15) is 5.69 Å². The molecule has 0 spiro atoms. The fourth-order valence-corrected chi connectivity index (χ4v) is 3.84. The zero-order chi connectivity index (χ0) is 18.2. The van der Waals surface area contributed by atoms with Crippen molar-refractivity contribution in [3.8, 4) is 0 Å². The Balaban J connectivity index is 1.51. The predicted molar refractivity (Wildman–Crippen MR) is 85.6 cm³/mol. The van der Waals surface area contributed by atoms with Crippen molar-refractivity contribution in [1.82, 2.24) is 9.88 Å². The van der Waals surface area contributed by atoms with Crippen molar-refractivity contribution in [1.29, 1.82) is 0 Å². The van der Waals surface area contributed by atoms with Gasteiger partial charge in [0.15, 0.2) is 0 Å². The van der Waals surface area contributed by atoms with Crippen molar-refractivity contribution in [2.45, 2.75) is 50.8 Å². The molecule has 4 nitrogen and oxygen atoms in total. The molecule has 1 saturated carbocycles. The molecule has 2 fully saturated rings. The summed E-state index contributed by atoms with van der Waals surface area (Å²) in [5.41, 5.74) is -1.11. The van der Waals surface area contributed by atoms with Gasteiger partial charge in [-0.05, 0) is 57.1 Å². The molecule has 1 saturated heterocycles. The van der Waals surface area contributed by atoms with Gasteiger partial charge in [-0.3, -0.25) is 4.79 Å². The Morgan fingerprint density at radius 3 is 2.52 bits per heavy atom. The Kier molecular flexibility index (Phi) is 4.79. The second kappa shape index (κ2) is 6.59. The van der Waals surface area contributed by atoms with Crippen molar-refractivity contribution in [2.75, 3.05) is 13.1 Å². The van der Waals surface area contributed by atoms with Gasteiger partial charge in [-0.2, -0.15) is 13.2 Å². The third-order valence-electron chi connectivity index (χ3n) is 5.24. The lowest BCUT2D eigenvalue weighted by molar-refractivity contribution is -0.151. The summed E-state index contributed by atoms with van der Waals surface area (Å²) < 4.78 is 38.2. The molecule has 1 aliphatic carbocycles. The van der Waals surface area contributed by atoms with E-state index in [9.17, 15) is 23.1 Å². The van der Waals surface area contributed by atoms with E-state index in [4.69, 9.17) is 0 Å². The van der Waals surface area contributed by atoms with Crippen molar-refractivity contribution >= 4 is 5.91 Å². The van der Waals surface area contributed by atoms with E-state index in [1.807, 2.05) is 4.90 Å². The first-order chi connectivity index (χ1) is 11.6. The van der Waals surface area contributed by atoms with E-state index in [2.05, 4.69) is 4.98 Å². The molecule has 25 heavy (non-hydrogen) atoms. The number of carbonyl (C=O) groups excluding carboxylic acids is 1. The lowest BCUT2D eigenvalue weighted by Gasteiger charge is -2.43. The molecule has 7 heteroatoms. The van der Waals surface area contributed by atoms with E-state index >= 15 is 0 Å². The van der Waals surface area contributed by atoms with Gasteiger partial charge in [-0.1, -0.05) is 6.07 Å². The van der Waals surface area contributed by atoms with E-state index < -0.39 is 17.5 Å².